The molecule has 0 fully saturated rings. The Balaban J connectivity index is 2.90. The number of aromatic nitrogens is 2. The molecule has 7 nitrogen and oxygen atoms in total. The molecule has 1 rings (SSSR count). The molecule has 0 atom stereocenters. The van der Waals surface area contributed by atoms with E-state index in [-0.39, 0.29) is 5.70 Å². The van der Waals surface area contributed by atoms with Crippen LogP contribution in [0.3, 0.4) is 0 Å². The van der Waals surface area contributed by atoms with Crippen molar-refractivity contribution in [1.82, 2.24) is 15.1 Å². The number of nitrogens with one attached hydrogen (secondary N) is 1. The lowest BCUT2D eigenvalue weighted by atomic mass is 10.2. The maximum atomic E-state index is 11.7. The van der Waals surface area contributed by atoms with Gasteiger partial charge >= 0.3 is 12.1 Å². The third-order valence-corrected chi connectivity index (χ3v) is 2.32. The Morgan fingerprint density at radius 1 is 1.43 bits per heavy atom. The first-order valence-corrected chi connectivity index (χ1v) is 6.58. The van der Waals surface area contributed by atoms with E-state index in [0.29, 0.717) is 12.2 Å². The third-order valence-electron chi connectivity index (χ3n) is 2.32. The van der Waals surface area contributed by atoms with Crippen LogP contribution in [0.1, 0.15) is 33.4 Å². The highest BCUT2D eigenvalue weighted by atomic mass is 16.6. The summed E-state index contributed by atoms with van der Waals surface area (Å²) < 4.78 is 11.4. The second kappa shape index (κ2) is 6.92. The van der Waals surface area contributed by atoms with Crippen LogP contribution in [0.4, 0.5) is 4.79 Å². The molecular formula is C14H21N3O4. The van der Waals surface area contributed by atoms with Crippen LogP contribution in [0.25, 0.3) is 6.08 Å². The monoisotopic (exact) mass is 295 g/mol. The first-order valence-electron chi connectivity index (χ1n) is 6.58. The minimum absolute atomic E-state index is 0.0342. The van der Waals surface area contributed by atoms with Crippen molar-refractivity contribution in [3.63, 3.8) is 0 Å². The molecule has 1 N–H and O–H groups in total. The van der Waals surface area contributed by atoms with Gasteiger partial charge in [-0.1, -0.05) is 0 Å². The summed E-state index contributed by atoms with van der Waals surface area (Å²) in [5.41, 5.74) is -0.156. The van der Waals surface area contributed by atoms with Gasteiger partial charge in [-0.15, -0.1) is 0 Å². The van der Waals surface area contributed by atoms with Crippen LogP contribution < -0.4 is 5.32 Å². The molecule has 0 bridgehead atoms. The molecule has 0 saturated heterocycles. The van der Waals surface area contributed by atoms with E-state index in [4.69, 9.17) is 4.74 Å². The van der Waals surface area contributed by atoms with Crippen LogP contribution in [0, 0.1) is 0 Å². The summed E-state index contributed by atoms with van der Waals surface area (Å²) in [5.74, 6) is -0.674. The number of methoxy groups -OCH3 is 1. The lowest BCUT2D eigenvalue weighted by Crippen LogP contribution is -2.34. The molecular weight excluding hydrogens is 274 g/mol. The molecule has 0 saturated carbocycles. The Kier molecular flexibility index (Phi) is 5.52. The van der Waals surface area contributed by atoms with Crippen LogP contribution in [-0.2, 0) is 20.8 Å². The Hall–Kier alpha value is -2.31. The summed E-state index contributed by atoms with van der Waals surface area (Å²) in [5, 5.41) is 6.58. The van der Waals surface area contributed by atoms with Gasteiger partial charge in [-0.05, 0) is 39.8 Å². The lowest BCUT2D eigenvalue weighted by molar-refractivity contribution is -0.136. The normalized spacial score (nSPS) is 12.0. The Morgan fingerprint density at radius 3 is 2.57 bits per heavy atom. The van der Waals surface area contributed by atoms with Gasteiger partial charge < -0.3 is 9.47 Å². The Morgan fingerprint density at radius 2 is 2.10 bits per heavy atom. The fourth-order valence-electron chi connectivity index (χ4n) is 1.45. The predicted molar refractivity (Wildman–Crippen MR) is 77.3 cm³/mol. The van der Waals surface area contributed by atoms with Gasteiger partial charge in [0.2, 0.25) is 0 Å². The van der Waals surface area contributed by atoms with E-state index >= 15 is 0 Å². The zero-order valence-corrected chi connectivity index (χ0v) is 13.0. The molecule has 1 aromatic heterocycles. The van der Waals surface area contributed by atoms with Crippen LogP contribution in [0.2, 0.25) is 0 Å². The smallest absolute Gasteiger partial charge is 0.412 e. The molecule has 1 aromatic rings. The number of rotatable bonds is 4. The molecule has 1 amide bonds. The molecule has 21 heavy (non-hydrogen) atoms. The van der Waals surface area contributed by atoms with Crippen molar-refractivity contribution < 1.29 is 19.1 Å². The van der Waals surface area contributed by atoms with Crippen molar-refractivity contribution in [2.24, 2.45) is 0 Å². The minimum Gasteiger partial charge on any atom is -0.464 e. The van der Waals surface area contributed by atoms with E-state index in [1.807, 2.05) is 6.92 Å². The summed E-state index contributed by atoms with van der Waals surface area (Å²) in [6, 6.07) is 1.73. The van der Waals surface area contributed by atoms with Gasteiger partial charge in [0.25, 0.3) is 0 Å². The van der Waals surface area contributed by atoms with Gasteiger partial charge in [0.05, 0.1) is 12.8 Å². The first-order chi connectivity index (χ1) is 9.75. The molecule has 0 aliphatic carbocycles. The topological polar surface area (TPSA) is 82.5 Å². The summed E-state index contributed by atoms with van der Waals surface area (Å²) >= 11 is 0. The van der Waals surface area contributed by atoms with E-state index in [2.05, 4.69) is 15.2 Å². The van der Waals surface area contributed by atoms with Crippen molar-refractivity contribution >= 4 is 18.1 Å². The van der Waals surface area contributed by atoms with E-state index in [1.54, 1.807) is 37.7 Å². The minimum atomic E-state index is -0.728. The van der Waals surface area contributed by atoms with Crippen molar-refractivity contribution in [1.29, 1.82) is 0 Å². The number of carbonyl (C=O) groups excluding carboxylic acids is 2. The lowest BCUT2D eigenvalue weighted by Gasteiger charge is -2.19. The summed E-state index contributed by atoms with van der Waals surface area (Å²) in [6.07, 6.45) is 2.48. The van der Waals surface area contributed by atoms with Gasteiger partial charge in [-0.2, -0.15) is 5.10 Å². The number of aryl methyl sites for hydroxylation is 1. The van der Waals surface area contributed by atoms with Crippen LogP contribution in [0.15, 0.2) is 18.0 Å². The van der Waals surface area contributed by atoms with E-state index in [0.717, 1.165) is 0 Å². The quantitative estimate of drug-likeness (QED) is 0.678. The number of hydrogen-bond acceptors (Lipinski definition) is 5. The molecule has 0 radical (unpaired) electrons. The van der Waals surface area contributed by atoms with Crippen molar-refractivity contribution in [3.05, 3.63) is 23.7 Å². The molecule has 0 aliphatic heterocycles. The molecule has 0 aromatic carbocycles. The van der Waals surface area contributed by atoms with Crippen molar-refractivity contribution in [2.75, 3.05) is 7.11 Å². The van der Waals surface area contributed by atoms with Gasteiger partial charge in [0.15, 0.2) is 0 Å². The highest BCUT2D eigenvalue weighted by Crippen LogP contribution is 2.09. The Bertz CT molecular complexity index is 541. The molecule has 0 spiro atoms. The maximum Gasteiger partial charge on any atom is 0.412 e. The van der Waals surface area contributed by atoms with E-state index < -0.39 is 17.7 Å². The standard InChI is InChI=1S/C14H21N3O4/c1-6-17-8-7-10(16-17)9-11(12(18)20-5)15-13(19)21-14(2,3)4/h7-9H,6H2,1-5H3,(H,15,19)/b11-9+. The van der Waals surface area contributed by atoms with Crippen molar-refractivity contribution in [2.45, 2.75) is 39.8 Å². The molecule has 1 heterocycles. The number of amides is 1. The first kappa shape index (κ1) is 16.7. The number of carbonyl (C=O) groups is 2. The number of alkyl carbamates (subject to hydrolysis) is 1. The highest BCUT2D eigenvalue weighted by Gasteiger charge is 2.20. The predicted octanol–water partition coefficient (Wildman–Crippen LogP) is 1.94. The molecule has 7 heteroatoms. The number of hydrogen-bond donors (Lipinski definition) is 1. The largest absolute Gasteiger partial charge is 0.464 e. The average molecular weight is 295 g/mol. The molecule has 0 aliphatic rings. The fourth-order valence-corrected chi connectivity index (χ4v) is 1.45. The third kappa shape index (κ3) is 5.68. The number of nitrogens with zero attached hydrogens (tertiary/aromatic N) is 2. The van der Waals surface area contributed by atoms with Gasteiger partial charge in [-0.3, -0.25) is 10.00 Å². The average Bonchev–Trinajstić information content (AvgIpc) is 2.82. The zero-order chi connectivity index (χ0) is 16.0. The fraction of sp³-hybridized carbons (Fsp3) is 0.500. The van der Waals surface area contributed by atoms with Crippen LogP contribution >= 0.6 is 0 Å². The Labute approximate surface area is 123 Å². The van der Waals surface area contributed by atoms with E-state index in [9.17, 15) is 9.59 Å². The van der Waals surface area contributed by atoms with Gasteiger partial charge in [-0.25, -0.2) is 9.59 Å². The SMILES string of the molecule is CCn1ccc(/C=C(/NC(=O)OC(C)(C)C)C(=O)OC)n1. The van der Waals surface area contributed by atoms with Gasteiger partial charge in [0, 0.05) is 12.7 Å². The number of ether oxygens (including phenoxy) is 2. The van der Waals surface area contributed by atoms with Gasteiger partial charge in [0.1, 0.15) is 11.3 Å². The summed E-state index contributed by atoms with van der Waals surface area (Å²) in [6.45, 7) is 7.85. The van der Waals surface area contributed by atoms with Crippen molar-refractivity contribution in [3.8, 4) is 0 Å². The molecule has 116 valence electrons. The van der Waals surface area contributed by atoms with Crippen LogP contribution in [-0.4, -0.2) is 34.6 Å². The second-order valence-electron chi connectivity index (χ2n) is 5.27. The van der Waals surface area contributed by atoms with Crippen LogP contribution in [0.5, 0.6) is 0 Å². The summed E-state index contributed by atoms with van der Waals surface area (Å²) in [4.78, 5) is 23.4. The maximum absolute atomic E-state index is 11.7. The zero-order valence-electron chi connectivity index (χ0n) is 13.0. The van der Waals surface area contributed by atoms with E-state index in [1.165, 1.54) is 13.2 Å². The highest BCUT2D eigenvalue weighted by molar-refractivity contribution is 5.96. The second-order valence-corrected chi connectivity index (χ2v) is 5.27. The number of esters is 1. The summed E-state index contributed by atoms with van der Waals surface area (Å²) in [7, 11) is 1.23. The molecule has 0 unspecified atom stereocenters.